The van der Waals surface area contributed by atoms with Crippen molar-refractivity contribution in [2.75, 3.05) is 13.1 Å². The Morgan fingerprint density at radius 3 is 2.71 bits per heavy atom. The van der Waals surface area contributed by atoms with Gasteiger partial charge in [0.2, 0.25) is 5.78 Å². The van der Waals surface area contributed by atoms with Crippen molar-refractivity contribution in [2.45, 2.75) is 12.6 Å². The Kier molecular flexibility index (Phi) is 5.94. The third-order valence-corrected chi connectivity index (χ3v) is 4.59. The molecule has 5 nitrogen and oxygen atoms in total. The average molecular weight is 376 g/mol. The summed E-state index contributed by atoms with van der Waals surface area (Å²) < 4.78 is 36.0. The van der Waals surface area contributed by atoms with Gasteiger partial charge in [0.05, 0.1) is 17.9 Å². The molecule has 0 bridgehead atoms. The van der Waals surface area contributed by atoms with Crippen molar-refractivity contribution in [1.82, 2.24) is 4.90 Å². The number of carbonyl (C=O) groups is 3. The number of aliphatic imine (C=N–C) groups is 1. The second-order valence-corrected chi connectivity index (χ2v) is 6.54. The third-order valence-electron chi connectivity index (χ3n) is 2.86. The molecule has 0 aromatic carbocycles. The fourth-order valence-corrected chi connectivity index (χ4v) is 3.30. The number of nitrogens with zero attached hydrogens (tertiary/aromatic N) is 2. The first-order valence-corrected chi connectivity index (χ1v) is 8.36. The van der Waals surface area contributed by atoms with Gasteiger partial charge < -0.3 is 0 Å². The minimum atomic E-state index is -4.88. The van der Waals surface area contributed by atoms with E-state index in [4.69, 9.17) is 0 Å². The number of hydrogen-bond donors (Lipinski definition) is 0. The summed E-state index contributed by atoms with van der Waals surface area (Å²) in [6.45, 7) is -0.112. The molecular weight excluding hydrogens is 365 g/mol. The molecule has 24 heavy (non-hydrogen) atoms. The summed E-state index contributed by atoms with van der Waals surface area (Å²) in [6, 6.07) is 3.62. The summed E-state index contributed by atoms with van der Waals surface area (Å²) >= 11 is 2.23. The van der Waals surface area contributed by atoms with Gasteiger partial charge in [-0.2, -0.15) is 13.2 Å². The van der Waals surface area contributed by atoms with Crippen LogP contribution in [0.5, 0.6) is 0 Å². The maximum Gasteiger partial charge on any atom is 0.450 e. The number of halogens is 3. The van der Waals surface area contributed by atoms with E-state index in [0.717, 1.165) is 27.8 Å². The number of thiophene rings is 1. The monoisotopic (exact) mass is 376 g/mol. The number of imide groups is 1. The van der Waals surface area contributed by atoms with Crippen LogP contribution in [0.4, 0.5) is 18.0 Å². The smallest absolute Gasteiger partial charge is 0.295 e. The summed E-state index contributed by atoms with van der Waals surface area (Å²) in [6.07, 6.45) is -3.29. The standard InChI is InChI=1S/C14H11F3N2O3S2/c15-14(16,17)11(20)3-4-18-5-6-19-12(21)10(24-13(19)22)8-9-2-1-7-23-9/h1-2,4,7-8H,3,5-6H2/b10-8+,18-4?. The molecule has 1 aromatic heterocycles. The van der Waals surface area contributed by atoms with Gasteiger partial charge in [-0.1, -0.05) is 6.07 Å². The number of hydrogen-bond acceptors (Lipinski definition) is 6. The first-order valence-electron chi connectivity index (χ1n) is 6.66. The molecule has 1 aromatic rings. The maximum absolute atomic E-state index is 12.1. The van der Waals surface area contributed by atoms with Crippen molar-refractivity contribution in [3.05, 3.63) is 27.3 Å². The van der Waals surface area contributed by atoms with Crippen LogP contribution in [-0.4, -0.2) is 47.3 Å². The van der Waals surface area contributed by atoms with Gasteiger partial charge in [-0.05, 0) is 29.3 Å². The van der Waals surface area contributed by atoms with E-state index in [9.17, 15) is 27.6 Å². The maximum atomic E-state index is 12.1. The minimum absolute atomic E-state index is 0.0524. The highest BCUT2D eigenvalue weighted by Crippen LogP contribution is 2.32. The van der Waals surface area contributed by atoms with Crippen LogP contribution in [0.2, 0.25) is 0 Å². The molecule has 2 rings (SSSR count). The van der Waals surface area contributed by atoms with E-state index >= 15 is 0 Å². The Bertz CT molecular complexity index is 697. The molecule has 0 saturated carbocycles. The van der Waals surface area contributed by atoms with Crippen LogP contribution in [0.3, 0.4) is 0 Å². The Hall–Kier alpha value is -1.94. The van der Waals surface area contributed by atoms with Gasteiger partial charge in [0.25, 0.3) is 11.1 Å². The zero-order valence-corrected chi connectivity index (χ0v) is 13.7. The van der Waals surface area contributed by atoms with Crippen LogP contribution in [0.1, 0.15) is 11.3 Å². The molecule has 10 heteroatoms. The van der Waals surface area contributed by atoms with Crippen LogP contribution in [0.15, 0.2) is 27.4 Å². The molecule has 0 aliphatic carbocycles. The van der Waals surface area contributed by atoms with E-state index in [1.165, 1.54) is 11.3 Å². The lowest BCUT2D eigenvalue weighted by Crippen LogP contribution is -2.30. The van der Waals surface area contributed by atoms with Gasteiger partial charge in [0.15, 0.2) is 0 Å². The fourth-order valence-electron chi connectivity index (χ4n) is 1.71. The summed E-state index contributed by atoms with van der Waals surface area (Å²) in [5.74, 6) is -2.35. The molecule has 1 aliphatic heterocycles. The number of Topliss-reactive ketones (excluding diaryl/α,β-unsaturated/α-hetero) is 1. The number of amides is 2. The molecule has 128 valence electrons. The SMILES string of the molecule is O=C1S/C(=C/c2cccs2)C(=O)N1CCN=CCC(=O)C(F)(F)F. The Morgan fingerprint density at radius 1 is 1.33 bits per heavy atom. The van der Waals surface area contributed by atoms with E-state index in [0.29, 0.717) is 4.91 Å². The predicted molar refractivity (Wildman–Crippen MR) is 86.0 cm³/mol. The van der Waals surface area contributed by atoms with Gasteiger partial charge in [-0.15, -0.1) is 11.3 Å². The van der Waals surface area contributed by atoms with Crippen molar-refractivity contribution < 1.29 is 27.6 Å². The summed E-state index contributed by atoms with van der Waals surface area (Å²) in [4.78, 5) is 40.3. The van der Waals surface area contributed by atoms with E-state index in [1.54, 1.807) is 12.1 Å². The Labute approximate surface area is 143 Å². The predicted octanol–water partition coefficient (Wildman–Crippen LogP) is 3.38. The first-order chi connectivity index (χ1) is 11.3. The lowest BCUT2D eigenvalue weighted by atomic mass is 10.3. The van der Waals surface area contributed by atoms with E-state index in [1.807, 2.05) is 11.4 Å². The van der Waals surface area contributed by atoms with Crippen molar-refractivity contribution >= 4 is 52.3 Å². The zero-order valence-electron chi connectivity index (χ0n) is 12.1. The van der Waals surface area contributed by atoms with Gasteiger partial charge in [-0.3, -0.25) is 24.3 Å². The Morgan fingerprint density at radius 2 is 2.08 bits per heavy atom. The highest BCUT2D eigenvalue weighted by molar-refractivity contribution is 8.18. The van der Waals surface area contributed by atoms with Crippen molar-refractivity contribution in [3.63, 3.8) is 0 Å². The molecule has 2 heterocycles. The van der Waals surface area contributed by atoms with Crippen LogP contribution in [-0.2, 0) is 9.59 Å². The van der Waals surface area contributed by atoms with Crippen LogP contribution < -0.4 is 0 Å². The molecule has 0 atom stereocenters. The topological polar surface area (TPSA) is 66.8 Å². The van der Waals surface area contributed by atoms with Gasteiger partial charge >= 0.3 is 6.18 Å². The van der Waals surface area contributed by atoms with Crippen molar-refractivity contribution in [2.24, 2.45) is 4.99 Å². The lowest BCUT2D eigenvalue weighted by Gasteiger charge is -2.09. The number of thioether (sulfide) groups is 1. The molecule has 0 spiro atoms. The lowest BCUT2D eigenvalue weighted by molar-refractivity contribution is -0.169. The molecule has 1 saturated heterocycles. The largest absolute Gasteiger partial charge is 0.450 e. The number of carbonyl (C=O) groups excluding carboxylic acids is 3. The van der Waals surface area contributed by atoms with Crippen molar-refractivity contribution in [1.29, 1.82) is 0 Å². The van der Waals surface area contributed by atoms with Crippen LogP contribution in [0.25, 0.3) is 6.08 Å². The Balaban J connectivity index is 1.86. The number of ketones is 1. The summed E-state index contributed by atoms with van der Waals surface area (Å²) in [5, 5.41) is 1.39. The summed E-state index contributed by atoms with van der Waals surface area (Å²) in [5.41, 5.74) is 0. The number of rotatable bonds is 6. The van der Waals surface area contributed by atoms with E-state index in [2.05, 4.69) is 4.99 Å². The zero-order chi connectivity index (χ0) is 17.7. The van der Waals surface area contributed by atoms with Gasteiger partial charge in [0, 0.05) is 17.6 Å². The molecule has 0 radical (unpaired) electrons. The second-order valence-electron chi connectivity index (χ2n) is 4.56. The molecular formula is C14H11F3N2O3S2. The quantitative estimate of drug-likeness (QED) is 0.564. The second kappa shape index (κ2) is 7.75. The fraction of sp³-hybridized carbons (Fsp3) is 0.286. The molecule has 1 fully saturated rings. The highest BCUT2D eigenvalue weighted by Gasteiger charge is 2.37. The average Bonchev–Trinajstić information content (AvgIpc) is 3.09. The minimum Gasteiger partial charge on any atom is -0.295 e. The summed E-state index contributed by atoms with van der Waals surface area (Å²) in [7, 11) is 0. The normalized spacial score (nSPS) is 17.5. The third kappa shape index (κ3) is 4.78. The van der Waals surface area contributed by atoms with Gasteiger partial charge in [-0.25, -0.2) is 0 Å². The van der Waals surface area contributed by atoms with Crippen LogP contribution in [0, 0.1) is 0 Å². The molecule has 1 aliphatic rings. The van der Waals surface area contributed by atoms with Crippen LogP contribution >= 0.6 is 23.1 Å². The van der Waals surface area contributed by atoms with E-state index in [-0.39, 0.29) is 13.1 Å². The molecule has 2 amide bonds. The highest BCUT2D eigenvalue weighted by atomic mass is 32.2. The number of alkyl halides is 3. The van der Waals surface area contributed by atoms with E-state index < -0.39 is 29.5 Å². The van der Waals surface area contributed by atoms with Gasteiger partial charge in [0.1, 0.15) is 0 Å². The molecule has 0 unspecified atom stereocenters. The molecule has 0 N–H and O–H groups in total. The first kappa shape index (κ1) is 18.4. The van der Waals surface area contributed by atoms with Crippen molar-refractivity contribution in [3.8, 4) is 0 Å².